The highest BCUT2D eigenvalue weighted by molar-refractivity contribution is 7.81. The van der Waals surface area contributed by atoms with E-state index in [2.05, 4.69) is 33.4 Å². The summed E-state index contributed by atoms with van der Waals surface area (Å²) in [6.07, 6.45) is 4.14. The first-order chi connectivity index (χ1) is 5.11. The Morgan fingerprint density at radius 1 is 1.27 bits per heavy atom. The van der Waals surface area contributed by atoms with Crippen molar-refractivity contribution in [2.75, 3.05) is 0 Å². The van der Waals surface area contributed by atoms with Gasteiger partial charge in [0.25, 0.3) is 0 Å². The van der Waals surface area contributed by atoms with Crippen LogP contribution in [-0.4, -0.2) is 5.25 Å². The van der Waals surface area contributed by atoms with Gasteiger partial charge >= 0.3 is 0 Å². The van der Waals surface area contributed by atoms with Crippen molar-refractivity contribution in [3.63, 3.8) is 0 Å². The van der Waals surface area contributed by atoms with E-state index in [0.717, 1.165) is 17.8 Å². The van der Waals surface area contributed by atoms with Gasteiger partial charge in [-0.3, -0.25) is 0 Å². The Morgan fingerprint density at radius 2 is 1.91 bits per heavy atom. The van der Waals surface area contributed by atoms with E-state index in [0.29, 0.717) is 5.25 Å². The quantitative estimate of drug-likeness (QED) is 0.576. The molecule has 0 heterocycles. The fraction of sp³-hybridized carbons (Fsp3) is 1.00. The molecule has 1 saturated carbocycles. The fourth-order valence-electron chi connectivity index (χ4n) is 2.15. The molecule has 0 N–H and O–H groups in total. The maximum atomic E-state index is 4.65. The second-order valence-corrected chi connectivity index (χ2v) is 5.06. The normalized spacial score (nSPS) is 39.5. The zero-order chi connectivity index (χ0) is 8.43. The lowest BCUT2D eigenvalue weighted by Gasteiger charge is -2.34. The van der Waals surface area contributed by atoms with Crippen LogP contribution in [0.5, 0.6) is 0 Å². The fourth-order valence-corrected chi connectivity index (χ4v) is 3.01. The lowest BCUT2D eigenvalue weighted by Crippen LogP contribution is -2.27. The van der Waals surface area contributed by atoms with E-state index in [1.165, 1.54) is 19.3 Å². The van der Waals surface area contributed by atoms with Gasteiger partial charge in [-0.15, -0.1) is 0 Å². The predicted molar refractivity (Wildman–Crippen MR) is 54.1 cm³/mol. The van der Waals surface area contributed by atoms with Crippen LogP contribution in [0.4, 0.5) is 0 Å². The molecule has 1 fully saturated rings. The minimum atomic E-state index is 0.666. The molecule has 0 nitrogen and oxygen atoms in total. The smallest absolute Gasteiger partial charge is 0.00500 e. The molecular weight excluding hydrogens is 152 g/mol. The van der Waals surface area contributed by atoms with E-state index in [4.69, 9.17) is 0 Å². The Hall–Kier alpha value is 0.350. The van der Waals surface area contributed by atoms with Gasteiger partial charge in [0.15, 0.2) is 0 Å². The first-order valence-corrected chi connectivity index (χ1v) is 5.31. The van der Waals surface area contributed by atoms with Gasteiger partial charge in [0.2, 0.25) is 0 Å². The Balaban J connectivity index is 2.44. The molecule has 1 aliphatic rings. The van der Waals surface area contributed by atoms with E-state index in [9.17, 15) is 0 Å². The van der Waals surface area contributed by atoms with Gasteiger partial charge in [-0.05, 0) is 30.6 Å². The van der Waals surface area contributed by atoms with Crippen molar-refractivity contribution < 1.29 is 0 Å². The third-order valence-electron chi connectivity index (χ3n) is 2.99. The third-order valence-corrected chi connectivity index (χ3v) is 3.58. The molecule has 1 aliphatic carbocycles. The highest BCUT2D eigenvalue weighted by atomic mass is 32.1. The van der Waals surface area contributed by atoms with Gasteiger partial charge < -0.3 is 0 Å². The molecule has 0 radical (unpaired) electrons. The molecule has 0 aromatic heterocycles. The van der Waals surface area contributed by atoms with Crippen molar-refractivity contribution in [3.8, 4) is 0 Å². The van der Waals surface area contributed by atoms with E-state index in [-0.39, 0.29) is 0 Å². The molecule has 0 aromatic rings. The monoisotopic (exact) mass is 172 g/mol. The Bertz CT molecular complexity index is 120. The molecule has 1 rings (SSSR count). The summed E-state index contributed by atoms with van der Waals surface area (Å²) in [7, 11) is 0. The maximum absolute atomic E-state index is 4.65. The van der Waals surface area contributed by atoms with Gasteiger partial charge in [0, 0.05) is 5.25 Å². The van der Waals surface area contributed by atoms with Crippen LogP contribution in [0.15, 0.2) is 0 Å². The molecule has 3 atom stereocenters. The predicted octanol–water partition coefficient (Wildman–Crippen LogP) is 3.38. The highest BCUT2D eigenvalue weighted by Gasteiger charge is 2.27. The highest BCUT2D eigenvalue weighted by Crippen LogP contribution is 2.36. The summed E-state index contributed by atoms with van der Waals surface area (Å²) in [5.74, 6) is 2.60. The van der Waals surface area contributed by atoms with Crippen LogP contribution in [0.2, 0.25) is 0 Å². The minimum Gasteiger partial charge on any atom is -0.176 e. The molecular formula is C10H20S. The lowest BCUT2D eigenvalue weighted by atomic mass is 9.77. The second-order valence-electron chi connectivity index (χ2n) is 4.39. The minimum absolute atomic E-state index is 0.666. The van der Waals surface area contributed by atoms with Crippen molar-refractivity contribution >= 4 is 12.6 Å². The maximum Gasteiger partial charge on any atom is 0.00500 e. The van der Waals surface area contributed by atoms with E-state index in [1.807, 2.05) is 0 Å². The second kappa shape index (κ2) is 3.84. The van der Waals surface area contributed by atoms with Crippen molar-refractivity contribution in [2.45, 2.75) is 45.3 Å². The molecule has 0 bridgehead atoms. The first kappa shape index (κ1) is 9.44. The summed E-state index contributed by atoms with van der Waals surface area (Å²) < 4.78 is 0. The molecule has 0 amide bonds. The SMILES string of the molecule is CC(C)[C@@H]1CC[C@@H](C)C[C@@H]1S. The Labute approximate surface area is 76.2 Å². The van der Waals surface area contributed by atoms with Crippen LogP contribution in [-0.2, 0) is 0 Å². The average Bonchev–Trinajstić information content (AvgIpc) is 1.85. The molecule has 0 aliphatic heterocycles. The van der Waals surface area contributed by atoms with Crippen LogP contribution in [0.1, 0.15) is 40.0 Å². The molecule has 11 heavy (non-hydrogen) atoms. The van der Waals surface area contributed by atoms with Crippen LogP contribution in [0.3, 0.4) is 0 Å². The van der Waals surface area contributed by atoms with Crippen LogP contribution in [0.25, 0.3) is 0 Å². The molecule has 0 unspecified atom stereocenters. The van der Waals surface area contributed by atoms with Gasteiger partial charge in [-0.1, -0.05) is 27.2 Å². The molecule has 0 spiro atoms. The van der Waals surface area contributed by atoms with Crippen molar-refractivity contribution in [1.29, 1.82) is 0 Å². The number of hydrogen-bond donors (Lipinski definition) is 1. The van der Waals surface area contributed by atoms with E-state index < -0.39 is 0 Å². The number of rotatable bonds is 1. The zero-order valence-electron chi connectivity index (χ0n) is 7.88. The largest absolute Gasteiger partial charge is 0.176 e. The summed E-state index contributed by atoms with van der Waals surface area (Å²) in [5.41, 5.74) is 0. The summed E-state index contributed by atoms with van der Waals surface area (Å²) in [6.45, 7) is 6.99. The summed E-state index contributed by atoms with van der Waals surface area (Å²) >= 11 is 4.65. The standard InChI is InChI=1S/C10H20S/c1-7(2)9-5-4-8(3)6-10(9)11/h7-11H,4-6H2,1-3H3/t8-,9+,10+/m1/s1. The molecule has 1 heteroatoms. The zero-order valence-corrected chi connectivity index (χ0v) is 8.77. The molecule has 0 saturated heterocycles. The van der Waals surface area contributed by atoms with Gasteiger partial charge in [0.1, 0.15) is 0 Å². The van der Waals surface area contributed by atoms with Crippen LogP contribution >= 0.6 is 12.6 Å². The first-order valence-electron chi connectivity index (χ1n) is 4.79. The van der Waals surface area contributed by atoms with Gasteiger partial charge in [-0.25, -0.2) is 0 Å². The topological polar surface area (TPSA) is 0 Å². The summed E-state index contributed by atoms with van der Waals surface area (Å²) in [6, 6.07) is 0. The van der Waals surface area contributed by atoms with Crippen LogP contribution in [0, 0.1) is 17.8 Å². The van der Waals surface area contributed by atoms with Gasteiger partial charge in [-0.2, -0.15) is 12.6 Å². The third kappa shape index (κ3) is 2.40. The number of hydrogen-bond acceptors (Lipinski definition) is 1. The molecule has 0 aromatic carbocycles. The van der Waals surface area contributed by atoms with Crippen molar-refractivity contribution in [2.24, 2.45) is 17.8 Å². The Kier molecular flexibility index (Phi) is 3.29. The van der Waals surface area contributed by atoms with Gasteiger partial charge in [0.05, 0.1) is 0 Å². The molecule has 66 valence electrons. The van der Waals surface area contributed by atoms with E-state index in [1.54, 1.807) is 0 Å². The Morgan fingerprint density at radius 3 is 2.36 bits per heavy atom. The summed E-state index contributed by atoms with van der Waals surface area (Å²) in [5, 5.41) is 0.666. The van der Waals surface area contributed by atoms with Crippen molar-refractivity contribution in [3.05, 3.63) is 0 Å². The number of thiol groups is 1. The van der Waals surface area contributed by atoms with Crippen molar-refractivity contribution in [1.82, 2.24) is 0 Å². The van der Waals surface area contributed by atoms with Crippen LogP contribution < -0.4 is 0 Å². The van der Waals surface area contributed by atoms with E-state index >= 15 is 0 Å². The average molecular weight is 172 g/mol. The lowest BCUT2D eigenvalue weighted by molar-refractivity contribution is 0.245. The summed E-state index contributed by atoms with van der Waals surface area (Å²) in [4.78, 5) is 0.